The summed E-state index contributed by atoms with van der Waals surface area (Å²) >= 11 is 5.90. The summed E-state index contributed by atoms with van der Waals surface area (Å²) in [6.07, 6.45) is 2.69. The summed E-state index contributed by atoms with van der Waals surface area (Å²) in [5.41, 5.74) is 0.891. The number of nitrogens with zero attached hydrogens (tertiary/aromatic N) is 2. The molecule has 0 saturated carbocycles. The number of aryl methyl sites for hydroxylation is 1. The molecule has 1 unspecified atom stereocenters. The van der Waals surface area contributed by atoms with Gasteiger partial charge in [-0.1, -0.05) is 17.7 Å². The molecule has 1 aromatic carbocycles. The minimum absolute atomic E-state index is 0.0243. The predicted molar refractivity (Wildman–Crippen MR) is 96.9 cm³/mol. The molecular formula is C19H24ClFN2O3. The minimum atomic E-state index is -0.617. The second-order valence-electron chi connectivity index (χ2n) is 7.36. The molecule has 0 radical (unpaired) electrons. The molecule has 1 spiro atoms. The molecule has 2 saturated heterocycles. The molecule has 1 N–H and O–H groups in total. The van der Waals surface area contributed by atoms with Crippen LogP contribution in [0.3, 0.4) is 0 Å². The highest BCUT2D eigenvalue weighted by Gasteiger charge is 2.45. The fraction of sp³-hybridized carbons (Fsp3) is 0.579. The van der Waals surface area contributed by atoms with Gasteiger partial charge in [-0.3, -0.25) is 14.0 Å². The van der Waals surface area contributed by atoms with E-state index < -0.39 is 6.67 Å². The van der Waals surface area contributed by atoms with Crippen molar-refractivity contribution in [1.82, 2.24) is 9.80 Å². The van der Waals surface area contributed by atoms with Gasteiger partial charge in [-0.25, -0.2) is 0 Å². The van der Waals surface area contributed by atoms with Gasteiger partial charge in [0, 0.05) is 38.0 Å². The molecule has 2 aliphatic rings. The SMILES string of the molecule is O=C(CCF)N1CCC2(CCN(C(=O)CCc3ccc(O)c(Cl)c3)C2)C1. The summed E-state index contributed by atoms with van der Waals surface area (Å²) in [6, 6.07) is 4.99. The lowest BCUT2D eigenvalue weighted by atomic mass is 9.86. The summed E-state index contributed by atoms with van der Waals surface area (Å²) in [5.74, 6) is 0.00860. The van der Waals surface area contributed by atoms with Crippen molar-refractivity contribution in [2.24, 2.45) is 5.41 Å². The van der Waals surface area contributed by atoms with E-state index in [4.69, 9.17) is 11.6 Å². The van der Waals surface area contributed by atoms with Gasteiger partial charge in [0.1, 0.15) is 5.75 Å². The molecule has 26 heavy (non-hydrogen) atoms. The van der Waals surface area contributed by atoms with E-state index in [9.17, 15) is 19.1 Å². The summed E-state index contributed by atoms with van der Waals surface area (Å²) < 4.78 is 12.4. The summed E-state index contributed by atoms with van der Waals surface area (Å²) in [7, 11) is 0. The van der Waals surface area contributed by atoms with Crippen LogP contribution in [0.15, 0.2) is 18.2 Å². The summed E-state index contributed by atoms with van der Waals surface area (Å²) in [5, 5.41) is 9.74. The minimum Gasteiger partial charge on any atom is -0.506 e. The Bertz CT molecular complexity index is 699. The quantitative estimate of drug-likeness (QED) is 0.851. The lowest BCUT2D eigenvalue weighted by Crippen LogP contribution is -2.35. The second kappa shape index (κ2) is 7.82. The highest BCUT2D eigenvalue weighted by molar-refractivity contribution is 6.32. The van der Waals surface area contributed by atoms with Crippen LogP contribution in [0.1, 0.15) is 31.2 Å². The Morgan fingerprint density at radius 1 is 1.12 bits per heavy atom. The van der Waals surface area contributed by atoms with Crippen molar-refractivity contribution in [2.75, 3.05) is 32.9 Å². The van der Waals surface area contributed by atoms with Crippen LogP contribution < -0.4 is 0 Å². The summed E-state index contributed by atoms with van der Waals surface area (Å²) in [4.78, 5) is 28.1. The van der Waals surface area contributed by atoms with E-state index in [-0.39, 0.29) is 29.4 Å². The Balaban J connectivity index is 1.51. The summed E-state index contributed by atoms with van der Waals surface area (Å²) in [6.45, 7) is 2.05. The van der Waals surface area contributed by atoms with Gasteiger partial charge in [-0.15, -0.1) is 0 Å². The first-order valence-corrected chi connectivity index (χ1v) is 9.39. The number of carbonyl (C=O) groups is 2. The van der Waals surface area contributed by atoms with Crippen molar-refractivity contribution < 1.29 is 19.1 Å². The van der Waals surface area contributed by atoms with Crippen molar-refractivity contribution in [2.45, 2.75) is 32.1 Å². The van der Waals surface area contributed by atoms with Crippen molar-refractivity contribution >= 4 is 23.4 Å². The molecule has 0 aliphatic carbocycles. The Hall–Kier alpha value is -1.82. The number of phenols is 1. The number of halogens is 2. The van der Waals surface area contributed by atoms with Gasteiger partial charge in [-0.05, 0) is 37.0 Å². The Labute approximate surface area is 157 Å². The first-order chi connectivity index (χ1) is 12.4. The molecule has 2 aliphatic heterocycles. The molecule has 142 valence electrons. The Kier molecular flexibility index (Phi) is 5.70. The van der Waals surface area contributed by atoms with Gasteiger partial charge in [0.15, 0.2) is 0 Å². The van der Waals surface area contributed by atoms with Gasteiger partial charge in [0.25, 0.3) is 0 Å². The van der Waals surface area contributed by atoms with Crippen LogP contribution in [0.5, 0.6) is 5.75 Å². The van der Waals surface area contributed by atoms with E-state index in [1.165, 1.54) is 6.07 Å². The molecule has 2 fully saturated rings. The zero-order chi connectivity index (χ0) is 18.7. The zero-order valence-electron chi connectivity index (χ0n) is 14.7. The lowest BCUT2D eigenvalue weighted by molar-refractivity contribution is -0.130. The lowest BCUT2D eigenvalue weighted by Gasteiger charge is -2.24. The van der Waals surface area contributed by atoms with Crippen LogP contribution in [-0.4, -0.2) is 59.6 Å². The van der Waals surface area contributed by atoms with E-state index in [0.29, 0.717) is 44.0 Å². The van der Waals surface area contributed by atoms with E-state index in [2.05, 4.69) is 0 Å². The zero-order valence-corrected chi connectivity index (χ0v) is 15.5. The van der Waals surface area contributed by atoms with E-state index in [1.54, 1.807) is 17.0 Å². The van der Waals surface area contributed by atoms with Crippen LogP contribution in [-0.2, 0) is 16.0 Å². The smallest absolute Gasteiger partial charge is 0.225 e. The van der Waals surface area contributed by atoms with Crippen molar-refractivity contribution in [3.63, 3.8) is 0 Å². The second-order valence-corrected chi connectivity index (χ2v) is 7.76. The molecule has 0 bridgehead atoms. The van der Waals surface area contributed by atoms with E-state index in [1.807, 2.05) is 4.90 Å². The number of rotatable bonds is 5. The number of likely N-dealkylation sites (tertiary alicyclic amines) is 2. The molecule has 2 heterocycles. The van der Waals surface area contributed by atoms with Crippen LogP contribution >= 0.6 is 11.6 Å². The monoisotopic (exact) mass is 382 g/mol. The van der Waals surface area contributed by atoms with Gasteiger partial charge in [-0.2, -0.15) is 0 Å². The topological polar surface area (TPSA) is 60.9 Å². The van der Waals surface area contributed by atoms with E-state index in [0.717, 1.165) is 18.4 Å². The maximum atomic E-state index is 12.5. The van der Waals surface area contributed by atoms with Crippen LogP contribution in [0.25, 0.3) is 0 Å². The number of aromatic hydroxyl groups is 1. The fourth-order valence-corrected chi connectivity index (χ4v) is 4.19. The number of benzene rings is 1. The first-order valence-electron chi connectivity index (χ1n) is 9.01. The predicted octanol–water partition coefficient (Wildman–Crippen LogP) is 2.79. The molecule has 5 nitrogen and oxygen atoms in total. The number of carbonyl (C=O) groups excluding carboxylic acids is 2. The standard InChI is InChI=1S/C19H24ClFN2O3/c20-15-11-14(1-3-16(15)24)2-4-17(25)22-9-6-19(12-22)7-10-23(13-19)18(26)5-8-21/h1,3,11,24H,2,4-10,12-13H2. The highest BCUT2D eigenvalue weighted by atomic mass is 35.5. The normalized spacial score (nSPS) is 22.4. The maximum absolute atomic E-state index is 12.5. The fourth-order valence-electron chi connectivity index (χ4n) is 3.98. The van der Waals surface area contributed by atoms with Crippen LogP contribution in [0, 0.1) is 5.41 Å². The van der Waals surface area contributed by atoms with Crippen molar-refractivity contribution in [3.05, 3.63) is 28.8 Å². The molecule has 0 aromatic heterocycles. The number of hydrogen-bond donors (Lipinski definition) is 1. The third-order valence-electron chi connectivity index (χ3n) is 5.53. The third-order valence-corrected chi connectivity index (χ3v) is 5.83. The average molecular weight is 383 g/mol. The van der Waals surface area contributed by atoms with Gasteiger partial charge >= 0.3 is 0 Å². The van der Waals surface area contributed by atoms with Gasteiger partial charge < -0.3 is 14.9 Å². The number of hydrogen-bond acceptors (Lipinski definition) is 3. The number of phenolic OH excluding ortho intramolecular Hbond substituents is 1. The van der Waals surface area contributed by atoms with Gasteiger partial charge in [0.2, 0.25) is 11.8 Å². The third kappa shape index (κ3) is 4.11. The number of amides is 2. The molecule has 7 heteroatoms. The van der Waals surface area contributed by atoms with Crippen LogP contribution in [0.4, 0.5) is 4.39 Å². The molecule has 3 rings (SSSR count). The molecular weight excluding hydrogens is 359 g/mol. The van der Waals surface area contributed by atoms with Gasteiger partial charge in [0.05, 0.1) is 18.1 Å². The Morgan fingerprint density at radius 2 is 1.73 bits per heavy atom. The van der Waals surface area contributed by atoms with E-state index >= 15 is 0 Å². The van der Waals surface area contributed by atoms with Crippen molar-refractivity contribution in [3.8, 4) is 5.75 Å². The van der Waals surface area contributed by atoms with Crippen LogP contribution in [0.2, 0.25) is 5.02 Å². The number of alkyl halides is 1. The van der Waals surface area contributed by atoms with Crippen molar-refractivity contribution in [1.29, 1.82) is 0 Å². The molecule has 1 aromatic rings. The Morgan fingerprint density at radius 3 is 2.31 bits per heavy atom. The highest BCUT2D eigenvalue weighted by Crippen LogP contribution is 2.40. The largest absolute Gasteiger partial charge is 0.506 e. The maximum Gasteiger partial charge on any atom is 0.225 e. The molecule has 1 atom stereocenters. The first kappa shape index (κ1) is 19.0. The molecule has 2 amide bonds. The average Bonchev–Trinajstić information content (AvgIpc) is 3.23.